The van der Waals surface area contributed by atoms with Crippen LogP contribution in [0.5, 0.6) is 0 Å². The van der Waals surface area contributed by atoms with Gasteiger partial charge < -0.3 is 25.2 Å². The number of nitrogens with zero attached hydrogens (tertiary/aromatic N) is 1. The summed E-state index contributed by atoms with van der Waals surface area (Å²) >= 11 is 0. The fraction of sp³-hybridized carbons (Fsp3) is 0.576. The molecule has 0 aliphatic heterocycles. The first kappa shape index (κ1) is 33.6. The van der Waals surface area contributed by atoms with Crippen LogP contribution in [-0.2, 0) is 11.2 Å². The lowest BCUT2D eigenvalue weighted by Crippen LogP contribution is -2.51. The van der Waals surface area contributed by atoms with E-state index in [-0.39, 0.29) is 30.1 Å². The van der Waals surface area contributed by atoms with Crippen molar-refractivity contribution in [1.82, 2.24) is 10.2 Å². The molecule has 232 valence electrons. The number of carbonyl (C=O) groups is 2. The van der Waals surface area contributed by atoms with Crippen LogP contribution in [0.15, 0.2) is 36.4 Å². The van der Waals surface area contributed by atoms with Gasteiger partial charge >= 0.3 is 0 Å². The SMILES string of the molecule is CCCN(CCC)C(=O)c1cc(C)cc(C(=O)N[C@@H](Cc2cc(F)cc(F)c2)[C@@H](O)[C@H](O)COCCC2CCCC2)c1. The molecule has 7 nitrogen and oxygen atoms in total. The normalized spacial score (nSPS) is 15.8. The van der Waals surface area contributed by atoms with Crippen molar-refractivity contribution in [1.29, 1.82) is 0 Å². The van der Waals surface area contributed by atoms with Crippen LogP contribution in [-0.4, -0.2) is 71.5 Å². The number of nitrogens with one attached hydrogen (secondary N) is 1. The minimum Gasteiger partial charge on any atom is -0.388 e. The second-order valence-electron chi connectivity index (χ2n) is 11.5. The summed E-state index contributed by atoms with van der Waals surface area (Å²) in [5.41, 5.74) is 1.50. The summed E-state index contributed by atoms with van der Waals surface area (Å²) in [5.74, 6) is -1.71. The van der Waals surface area contributed by atoms with Crippen LogP contribution in [0.3, 0.4) is 0 Å². The quantitative estimate of drug-likeness (QED) is 0.234. The van der Waals surface area contributed by atoms with Gasteiger partial charge in [0.15, 0.2) is 0 Å². The number of halogens is 2. The first-order valence-corrected chi connectivity index (χ1v) is 15.2. The van der Waals surface area contributed by atoms with Gasteiger partial charge in [0.25, 0.3) is 11.8 Å². The molecule has 2 amide bonds. The highest BCUT2D eigenvalue weighted by atomic mass is 19.1. The largest absolute Gasteiger partial charge is 0.388 e. The van der Waals surface area contributed by atoms with Gasteiger partial charge in [-0.1, -0.05) is 39.5 Å². The van der Waals surface area contributed by atoms with Crippen molar-refractivity contribution in [3.63, 3.8) is 0 Å². The van der Waals surface area contributed by atoms with Crippen LogP contribution in [0.4, 0.5) is 8.78 Å². The van der Waals surface area contributed by atoms with Gasteiger partial charge in [0.1, 0.15) is 23.8 Å². The van der Waals surface area contributed by atoms with Crippen molar-refractivity contribution in [3.8, 4) is 0 Å². The monoisotopic (exact) mass is 588 g/mol. The Balaban J connectivity index is 1.77. The smallest absolute Gasteiger partial charge is 0.253 e. The molecule has 0 bridgehead atoms. The maximum absolute atomic E-state index is 13.9. The molecule has 0 saturated heterocycles. The van der Waals surface area contributed by atoms with Gasteiger partial charge in [0.05, 0.1) is 12.6 Å². The number of aryl methyl sites for hydroxylation is 1. The lowest BCUT2D eigenvalue weighted by atomic mass is 9.96. The van der Waals surface area contributed by atoms with E-state index in [1.807, 2.05) is 13.8 Å². The average molecular weight is 589 g/mol. The highest BCUT2D eigenvalue weighted by Crippen LogP contribution is 2.27. The van der Waals surface area contributed by atoms with Crippen LogP contribution >= 0.6 is 0 Å². The maximum atomic E-state index is 13.9. The van der Waals surface area contributed by atoms with Crippen molar-refractivity contribution in [2.45, 2.75) is 90.4 Å². The van der Waals surface area contributed by atoms with Gasteiger partial charge in [-0.15, -0.1) is 0 Å². The number of hydrogen-bond acceptors (Lipinski definition) is 5. The van der Waals surface area contributed by atoms with Gasteiger partial charge in [0, 0.05) is 36.9 Å². The number of hydrogen-bond donors (Lipinski definition) is 3. The van der Waals surface area contributed by atoms with E-state index in [0.717, 1.165) is 37.5 Å². The lowest BCUT2D eigenvalue weighted by Gasteiger charge is -2.28. The lowest BCUT2D eigenvalue weighted by molar-refractivity contribution is -0.0522. The predicted molar refractivity (Wildman–Crippen MR) is 158 cm³/mol. The topological polar surface area (TPSA) is 99.1 Å². The number of aliphatic hydroxyl groups excluding tert-OH is 2. The minimum atomic E-state index is -1.48. The Morgan fingerprint density at radius 1 is 0.976 bits per heavy atom. The van der Waals surface area contributed by atoms with Crippen molar-refractivity contribution >= 4 is 11.8 Å². The van der Waals surface area contributed by atoms with E-state index >= 15 is 0 Å². The van der Waals surface area contributed by atoms with Crippen molar-refractivity contribution < 1.29 is 33.3 Å². The molecular weight excluding hydrogens is 542 g/mol. The minimum absolute atomic E-state index is 0.140. The van der Waals surface area contributed by atoms with Gasteiger partial charge in [-0.2, -0.15) is 0 Å². The van der Waals surface area contributed by atoms with E-state index in [9.17, 15) is 28.6 Å². The molecule has 42 heavy (non-hydrogen) atoms. The fourth-order valence-corrected chi connectivity index (χ4v) is 5.69. The molecule has 1 saturated carbocycles. The molecule has 9 heteroatoms. The Hall–Kier alpha value is -2.88. The van der Waals surface area contributed by atoms with Crippen LogP contribution in [0.1, 0.15) is 90.6 Å². The molecule has 2 aromatic rings. The molecule has 2 aromatic carbocycles. The standard InChI is InChI=1S/C33H46F2N2O5/c1-4-11-37(12-5-2)33(41)26-15-22(3)14-25(19-26)32(40)36-29(18-24-16-27(34)20-28(35)17-24)31(39)30(38)21-42-13-10-23-8-6-7-9-23/h14-17,19-20,23,29-31,38-39H,4-13,18,21H2,1-3H3,(H,36,40)/t29-,30+,31+/m0/s1. The molecule has 0 heterocycles. The second kappa shape index (κ2) is 16.7. The number of aliphatic hydroxyl groups is 2. The molecule has 3 rings (SSSR count). The number of carbonyl (C=O) groups excluding carboxylic acids is 2. The van der Waals surface area contributed by atoms with Crippen molar-refractivity contribution in [2.24, 2.45) is 5.92 Å². The summed E-state index contributed by atoms with van der Waals surface area (Å²) in [7, 11) is 0. The van der Waals surface area contributed by atoms with Crippen LogP contribution in [0.25, 0.3) is 0 Å². The molecule has 0 unspecified atom stereocenters. The second-order valence-corrected chi connectivity index (χ2v) is 11.5. The summed E-state index contributed by atoms with van der Waals surface area (Å²) in [4.78, 5) is 28.4. The third kappa shape index (κ3) is 10.1. The summed E-state index contributed by atoms with van der Waals surface area (Å²) in [6, 6.07) is 6.76. The van der Waals surface area contributed by atoms with E-state index in [2.05, 4.69) is 5.32 Å². The Labute approximate surface area is 248 Å². The molecular formula is C33H46F2N2O5. The van der Waals surface area contributed by atoms with Gasteiger partial charge in [-0.25, -0.2) is 8.78 Å². The van der Waals surface area contributed by atoms with Crippen LogP contribution in [0, 0.1) is 24.5 Å². The Morgan fingerprint density at radius 2 is 1.60 bits per heavy atom. The van der Waals surface area contributed by atoms with Crippen molar-refractivity contribution in [3.05, 3.63) is 70.3 Å². The summed E-state index contributed by atoms with van der Waals surface area (Å²) in [5, 5.41) is 24.6. The molecule has 3 N–H and O–H groups in total. The Bertz CT molecular complexity index is 1140. The highest BCUT2D eigenvalue weighted by molar-refractivity contribution is 6.00. The zero-order chi connectivity index (χ0) is 30.6. The van der Waals surface area contributed by atoms with E-state index in [0.29, 0.717) is 36.7 Å². The Morgan fingerprint density at radius 3 is 2.21 bits per heavy atom. The van der Waals surface area contributed by atoms with Gasteiger partial charge in [-0.3, -0.25) is 9.59 Å². The first-order valence-electron chi connectivity index (χ1n) is 15.2. The van der Waals surface area contributed by atoms with Crippen molar-refractivity contribution in [2.75, 3.05) is 26.3 Å². The van der Waals surface area contributed by atoms with Gasteiger partial charge in [-0.05, 0) is 80.0 Å². The zero-order valence-electron chi connectivity index (χ0n) is 25.1. The molecule has 1 fully saturated rings. The van der Waals surface area contributed by atoms with Crippen LogP contribution in [0.2, 0.25) is 0 Å². The van der Waals surface area contributed by atoms with Crippen LogP contribution < -0.4 is 5.32 Å². The number of ether oxygens (including phenoxy) is 1. The maximum Gasteiger partial charge on any atom is 0.253 e. The molecule has 1 aliphatic carbocycles. The summed E-state index contributed by atoms with van der Waals surface area (Å²) in [6.45, 7) is 7.28. The van der Waals surface area contributed by atoms with E-state index < -0.39 is 35.8 Å². The predicted octanol–water partition coefficient (Wildman–Crippen LogP) is 5.20. The fourth-order valence-electron chi connectivity index (χ4n) is 5.69. The first-order chi connectivity index (χ1) is 20.1. The highest BCUT2D eigenvalue weighted by Gasteiger charge is 2.29. The number of amides is 2. The molecule has 0 aromatic heterocycles. The molecule has 0 radical (unpaired) electrons. The third-order valence-corrected chi connectivity index (χ3v) is 7.80. The summed E-state index contributed by atoms with van der Waals surface area (Å²) < 4.78 is 33.5. The van der Waals surface area contributed by atoms with E-state index in [4.69, 9.17) is 4.74 Å². The van der Waals surface area contributed by atoms with Gasteiger partial charge in [0.2, 0.25) is 0 Å². The van der Waals surface area contributed by atoms with E-state index in [1.165, 1.54) is 31.7 Å². The van der Waals surface area contributed by atoms with E-state index in [1.54, 1.807) is 24.0 Å². The summed E-state index contributed by atoms with van der Waals surface area (Å²) in [6.07, 6.45) is 4.32. The number of rotatable bonds is 16. The molecule has 0 spiro atoms. The zero-order valence-corrected chi connectivity index (χ0v) is 25.1. The average Bonchev–Trinajstić information content (AvgIpc) is 3.46. The number of benzene rings is 2. The molecule has 3 atom stereocenters. The Kier molecular flexibility index (Phi) is 13.4. The third-order valence-electron chi connectivity index (χ3n) is 7.80. The molecule has 1 aliphatic rings.